The summed E-state index contributed by atoms with van der Waals surface area (Å²) in [7, 11) is 0. The van der Waals surface area contributed by atoms with Gasteiger partial charge in [-0.25, -0.2) is 0 Å². The molecule has 2 bridgehead atoms. The largest absolute Gasteiger partial charge is 0.466 e. The molecule has 0 radical (unpaired) electrons. The van der Waals surface area contributed by atoms with Gasteiger partial charge in [0.1, 0.15) is 0 Å². The van der Waals surface area contributed by atoms with Gasteiger partial charge in [0, 0.05) is 6.61 Å². The van der Waals surface area contributed by atoms with Crippen molar-refractivity contribution in [2.24, 2.45) is 17.3 Å². The summed E-state index contributed by atoms with van der Waals surface area (Å²) in [6.45, 7) is 5.55. The summed E-state index contributed by atoms with van der Waals surface area (Å²) in [5.41, 5.74) is 0.200. The van der Waals surface area contributed by atoms with Crippen LogP contribution in [0.2, 0.25) is 0 Å². The number of ether oxygens (including phenoxy) is 2. The van der Waals surface area contributed by atoms with E-state index in [2.05, 4.69) is 0 Å². The van der Waals surface area contributed by atoms with Gasteiger partial charge < -0.3 is 9.47 Å². The lowest BCUT2D eigenvalue weighted by Gasteiger charge is -2.34. The van der Waals surface area contributed by atoms with Crippen LogP contribution in [0.15, 0.2) is 0 Å². The molecule has 3 nitrogen and oxygen atoms in total. The summed E-state index contributed by atoms with van der Waals surface area (Å²) in [5, 5.41) is 0. The smallest absolute Gasteiger partial charge is 0.311 e. The van der Waals surface area contributed by atoms with Crippen molar-refractivity contribution in [1.82, 2.24) is 0 Å². The van der Waals surface area contributed by atoms with Gasteiger partial charge in [-0.15, -0.1) is 0 Å². The molecule has 1 unspecified atom stereocenters. The van der Waals surface area contributed by atoms with Gasteiger partial charge in [-0.2, -0.15) is 0 Å². The molecule has 3 heteroatoms. The first-order chi connectivity index (χ1) is 8.22. The Morgan fingerprint density at radius 3 is 2.47 bits per heavy atom. The second-order valence-corrected chi connectivity index (χ2v) is 5.47. The predicted octanol–water partition coefficient (Wildman–Crippen LogP) is 2.78. The van der Waals surface area contributed by atoms with Gasteiger partial charge in [-0.05, 0) is 57.3 Å². The Balaban J connectivity index is 2.06. The molecule has 1 atom stereocenters. The van der Waals surface area contributed by atoms with E-state index in [9.17, 15) is 4.79 Å². The van der Waals surface area contributed by atoms with Crippen LogP contribution in [0.4, 0.5) is 0 Å². The van der Waals surface area contributed by atoms with Crippen LogP contribution in [-0.4, -0.2) is 25.8 Å². The third kappa shape index (κ3) is 2.49. The van der Waals surface area contributed by atoms with Crippen LogP contribution in [0.1, 0.15) is 46.0 Å². The predicted molar refractivity (Wildman–Crippen MR) is 65.6 cm³/mol. The first-order valence-corrected chi connectivity index (χ1v) is 6.96. The van der Waals surface area contributed by atoms with Crippen molar-refractivity contribution in [3.05, 3.63) is 0 Å². The zero-order valence-electron chi connectivity index (χ0n) is 11.0. The number of carbonyl (C=O) groups is 1. The molecule has 2 fully saturated rings. The lowest BCUT2D eigenvalue weighted by atomic mass is 9.73. The molecule has 0 aromatic rings. The Morgan fingerprint density at radius 1 is 1.29 bits per heavy atom. The minimum atomic E-state index is -0.0384. The highest BCUT2D eigenvalue weighted by atomic mass is 16.5. The maximum Gasteiger partial charge on any atom is 0.311 e. The number of carbonyl (C=O) groups excluding carboxylic acids is 1. The summed E-state index contributed by atoms with van der Waals surface area (Å²) < 4.78 is 10.8. The molecule has 2 aliphatic carbocycles. The summed E-state index contributed by atoms with van der Waals surface area (Å²) in [4.78, 5) is 12.1. The highest BCUT2D eigenvalue weighted by Crippen LogP contribution is 2.58. The molecule has 17 heavy (non-hydrogen) atoms. The monoisotopic (exact) mass is 240 g/mol. The van der Waals surface area contributed by atoms with E-state index in [1.54, 1.807) is 0 Å². The fraction of sp³-hybridized carbons (Fsp3) is 0.929. The van der Waals surface area contributed by atoms with Gasteiger partial charge in [-0.1, -0.05) is 0 Å². The van der Waals surface area contributed by atoms with E-state index >= 15 is 0 Å². The summed E-state index contributed by atoms with van der Waals surface area (Å²) in [5.74, 6) is 0.784. The molecule has 0 spiro atoms. The van der Waals surface area contributed by atoms with Crippen LogP contribution in [0.5, 0.6) is 0 Å². The van der Waals surface area contributed by atoms with E-state index in [1.165, 1.54) is 32.1 Å². The molecule has 98 valence electrons. The molecule has 0 aromatic carbocycles. The number of esters is 1. The molecule has 0 aliphatic heterocycles. The minimum Gasteiger partial charge on any atom is -0.466 e. The Labute approximate surface area is 104 Å². The Bertz CT molecular complexity index is 267. The first kappa shape index (κ1) is 12.9. The third-order valence-corrected chi connectivity index (χ3v) is 4.60. The molecule has 0 saturated heterocycles. The highest BCUT2D eigenvalue weighted by molar-refractivity contribution is 5.73. The van der Waals surface area contributed by atoms with Crippen molar-refractivity contribution < 1.29 is 14.3 Å². The lowest BCUT2D eigenvalue weighted by Crippen LogP contribution is -2.37. The maximum absolute atomic E-state index is 12.1. The first-order valence-electron chi connectivity index (χ1n) is 6.96. The van der Waals surface area contributed by atoms with Gasteiger partial charge in [0.25, 0.3) is 0 Å². The van der Waals surface area contributed by atoms with Gasteiger partial charge in [0.05, 0.1) is 19.1 Å². The summed E-state index contributed by atoms with van der Waals surface area (Å²) in [6, 6.07) is 0. The van der Waals surface area contributed by atoms with Crippen molar-refractivity contribution in [2.75, 3.05) is 19.8 Å². The second kappa shape index (κ2) is 5.38. The summed E-state index contributed by atoms with van der Waals surface area (Å²) >= 11 is 0. The van der Waals surface area contributed by atoms with E-state index in [0.29, 0.717) is 19.8 Å². The van der Waals surface area contributed by atoms with Crippen molar-refractivity contribution >= 4 is 5.97 Å². The number of hydrogen-bond acceptors (Lipinski definition) is 3. The van der Waals surface area contributed by atoms with Crippen molar-refractivity contribution in [1.29, 1.82) is 0 Å². The standard InChI is InChI=1S/C14H24O3/c1-3-16-10-12(13(15)17-4-2)14-7-5-11(9-14)6-8-14/h11-12H,3-10H2,1-2H3. The van der Waals surface area contributed by atoms with Crippen molar-refractivity contribution in [3.63, 3.8) is 0 Å². The molecular formula is C14H24O3. The average Bonchev–Trinajstić information content (AvgIpc) is 2.90. The number of fused-ring (bicyclic) bond motifs is 2. The van der Waals surface area contributed by atoms with Crippen molar-refractivity contribution in [3.8, 4) is 0 Å². The topological polar surface area (TPSA) is 35.5 Å². The van der Waals surface area contributed by atoms with Gasteiger partial charge in [0.15, 0.2) is 0 Å². The molecule has 2 saturated carbocycles. The van der Waals surface area contributed by atoms with Crippen LogP contribution in [0.25, 0.3) is 0 Å². The van der Waals surface area contributed by atoms with Crippen LogP contribution in [0.3, 0.4) is 0 Å². The Hall–Kier alpha value is -0.570. The van der Waals surface area contributed by atoms with Gasteiger partial charge >= 0.3 is 5.97 Å². The van der Waals surface area contributed by atoms with Crippen LogP contribution >= 0.6 is 0 Å². The molecule has 0 heterocycles. The van der Waals surface area contributed by atoms with E-state index in [-0.39, 0.29) is 17.3 Å². The highest BCUT2D eigenvalue weighted by Gasteiger charge is 2.52. The molecule has 0 amide bonds. The number of hydrogen-bond donors (Lipinski definition) is 0. The molecular weight excluding hydrogens is 216 g/mol. The molecule has 2 rings (SSSR count). The minimum absolute atomic E-state index is 0.0325. The number of rotatable bonds is 6. The Kier molecular flexibility index (Phi) is 4.08. The second-order valence-electron chi connectivity index (χ2n) is 5.47. The summed E-state index contributed by atoms with van der Waals surface area (Å²) in [6.07, 6.45) is 6.18. The lowest BCUT2D eigenvalue weighted by molar-refractivity contribution is -0.156. The van der Waals surface area contributed by atoms with E-state index in [0.717, 1.165) is 5.92 Å². The molecule has 0 N–H and O–H groups in total. The van der Waals surface area contributed by atoms with E-state index in [1.807, 2.05) is 13.8 Å². The third-order valence-electron chi connectivity index (χ3n) is 4.60. The quantitative estimate of drug-likeness (QED) is 0.670. The zero-order valence-corrected chi connectivity index (χ0v) is 11.0. The fourth-order valence-electron chi connectivity index (χ4n) is 3.70. The van der Waals surface area contributed by atoms with Crippen LogP contribution < -0.4 is 0 Å². The average molecular weight is 240 g/mol. The van der Waals surface area contributed by atoms with Gasteiger partial charge in [-0.3, -0.25) is 4.79 Å². The zero-order chi connectivity index (χ0) is 12.3. The normalized spacial score (nSPS) is 32.7. The SMILES string of the molecule is CCOCC(C(=O)OCC)C12CCC(CC1)C2. The van der Waals surface area contributed by atoms with Gasteiger partial charge in [0.2, 0.25) is 0 Å². The van der Waals surface area contributed by atoms with E-state index in [4.69, 9.17) is 9.47 Å². The van der Waals surface area contributed by atoms with Crippen LogP contribution in [0, 0.1) is 17.3 Å². The molecule has 2 aliphatic rings. The van der Waals surface area contributed by atoms with Crippen LogP contribution in [-0.2, 0) is 14.3 Å². The van der Waals surface area contributed by atoms with Crippen molar-refractivity contribution in [2.45, 2.75) is 46.0 Å². The molecule has 0 aromatic heterocycles. The fourth-order valence-corrected chi connectivity index (χ4v) is 3.70. The van der Waals surface area contributed by atoms with E-state index < -0.39 is 0 Å². The Morgan fingerprint density at radius 2 is 2.00 bits per heavy atom. The maximum atomic E-state index is 12.1.